The Bertz CT molecular complexity index is 860. The van der Waals surface area contributed by atoms with Crippen molar-refractivity contribution in [2.45, 2.75) is 39.0 Å². The molecule has 0 bridgehead atoms. The predicted octanol–water partition coefficient (Wildman–Crippen LogP) is 6.74. The predicted molar refractivity (Wildman–Crippen MR) is 133 cm³/mol. The van der Waals surface area contributed by atoms with E-state index in [-0.39, 0.29) is 5.75 Å². The number of phenols is 1. The van der Waals surface area contributed by atoms with Gasteiger partial charge in [-0.25, -0.2) is 4.99 Å². The number of benzene rings is 2. The van der Waals surface area contributed by atoms with Crippen molar-refractivity contribution in [3.63, 3.8) is 0 Å². The molecule has 0 unspecified atom stereocenters. The molecule has 0 fully saturated rings. The van der Waals surface area contributed by atoms with Gasteiger partial charge >= 0.3 is 0 Å². The minimum atomic E-state index is 0.281. The molecule has 0 atom stereocenters. The van der Waals surface area contributed by atoms with Crippen molar-refractivity contribution in [2.24, 2.45) is 4.99 Å². The van der Waals surface area contributed by atoms with Crippen LogP contribution < -0.4 is 4.74 Å². The summed E-state index contributed by atoms with van der Waals surface area (Å²) in [5.41, 5.74) is 4.14. The topological polar surface area (TPSA) is 41.8 Å². The first-order valence-electron chi connectivity index (χ1n) is 10.5. The van der Waals surface area contributed by atoms with E-state index in [0.29, 0.717) is 6.61 Å². The van der Waals surface area contributed by atoms with E-state index in [0.717, 1.165) is 72.6 Å². The van der Waals surface area contributed by atoms with Gasteiger partial charge in [0.15, 0.2) is 0 Å². The van der Waals surface area contributed by atoms with E-state index in [2.05, 4.69) is 54.1 Å². The van der Waals surface area contributed by atoms with Crippen LogP contribution in [0.15, 0.2) is 54.0 Å². The molecule has 0 aliphatic heterocycles. The number of thioether (sulfide) groups is 1. The molecule has 30 heavy (non-hydrogen) atoms. The zero-order valence-electron chi connectivity index (χ0n) is 17.7. The van der Waals surface area contributed by atoms with Crippen molar-refractivity contribution in [3.8, 4) is 22.6 Å². The van der Waals surface area contributed by atoms with Crippen molar-refractivity contribution in [1.82, 2.24) is 0 Å². The van der Waals surface area contributed by atoms with Gasteiger partial charge in [0.25, 0.3) is 0 Å². The second kappa shape index (κ2) is 14.0. The Kier molecular flexibility index (Phi) is 11.3. The second-order valence-corrected chi connectivity index (χ2v) is 8.47. The summed E-state index contributed by atoms with van der Waals surface area (Å²) in [6.45, 7) is 7.40. The molecule has 3 nitrogen and oxygen atoms in total. The van der Waals surface area contributed by atoms with E-state index in [1.807, 2.05) is 30.0 Å². The SMILES string of the molecule is C=CCc1ccc(OCCSCCCCN=C=S)c(-c2cc(CCC)ccc2O)c1. The molecule has 2 rings (SSSR count). The lowest BCUT2D eigenvalue weighted by Crippen LogP contribution is -2.03. The summed E-state index contributed by atoms with van der Waals surface area (Å²) in [6.07, 6.45) is 6.89. The monoisotopic (exact) mass is 441 g/mol. The lowest BCUT2D eigenvalue weighted by atomic mass is 9.97. The minimum absolute atomic E-state index is 0.281. The lowest BCUT2D eigenvalue weighted by molar-refractivity contribution is 0.345. The molecule has 160 valence electrons. The third-order valence-electron chi connectivity index (χ3n) is 4.67. The Labute approximate surface area is 190 Å². The lowest BCUT2D eigenvalue weighted by Gasteiger charge is -2.15. The third kappa shape index (κ3) is 7.98. The highest BCUT2D eigenvalue weighted by Crippen LogP contribution is 2.37. The van der Waals surface area contributed by atoms with Gasteiger partial charge in [0.2, 0.25) is 0 Å². The maximum atomic E-state index is 10.5. The summed E-state index contributed by atoms with van der Waals surface area (Å²) in [6, 6.07) is 12.0. The third-order valence-corrected chi connectivity index (χ3v) is 5.83. The molecular weight excluding hydrogens is 410 g/mol. The normalized spacial score (nSPS) is 10.4. The minimum Gasteiger partial charge on any atom is -0.507 e. The second-order valence-electron chi connectivity index (χ2n) is 7.07. The number of hydrogen-bond donors (Lipinski definition) is 1. The van der Waals surface area contributed by atoms with Gasteiger partial charge in [-0.1, -0.05) is 31.6 Å². The zero-order chi connectivity index (χ0) is 21.6. The molecule has 2 aromatic rings. The average molecular weight is 442 g/mol. The Balaban J connectivity index is 2.06. The molecule has 0 aromatic heterocycles. The van der Waals surface area contributed by atoms with Crippen LogP contribution in [0.5, 0.6) is 11.5 Å². The van der Waals surface area contributed by atoms with Crippen LogP contribution in [0.1, 0.15) is 37.3 Å². The number of allylic oxidation sites excluding steroid dienone is 1. The number of phenolic OH excluding ortho intramolecular Hbond substituents is 1. The summed E-state index contributed by atoms with van der Waals surface area (Å²) in [7, 11) is 0. The van der Waals surface area contributed by atoms with Gasteiger partial charge in [-0.05, 0) is 79.0 Å². The number of aliphatic imine (C=N–C) groups is 1. The maximum absolute atomic E-state index is 10.5. The average Bonchev–Trinajstić information content (AvgIpc) is 2.75. The number of thiocarbonyl (C=S) groups is 1. The summed E-state index contributed by atoms with van der Waals surface area (Å²) < 4.78 is 6.12. The van der Waals surface area contributed by atoms with Crippen molar-refractivity contribution < 1.29 is 9.84 Å². The van der Waals surface area contributed by atoms with Crippen LogP contribution in [0, 0.1) is 0 Å². The van der Waals surface area contributed by atoms with E-state index in [4.69, 9.17) is 4.74 Å². The smallest absolute Gasteiger partial charge is 0.127 e. The van der Waals surface area contributed by atoms with Crippen LogP contribution in [0.3, 0.4) is 0 Å². The quantitative estimate of drug-likeness (QED) is 0.153. The molecule has 0 aliphatic rings. The highest BCUT2D eigenvalue weighted by atomic mass is 32.2. The number of rotatable bonds is 14. The molecular formula is C25H31NO2S2. The Hall–Kier alpha value is -2.07. The first kappa shape index (κ1) is 24.2. The van der Waals surface area contributed by atoms with Gasteiger partial charge in [-0.2, -0.15) is 11.8 Å². The van der Waals surface area contributed by atoms with Crippen LogP contribution in [-0.2, 0) is 12.8 Å². The fourth-order valence-corrected chi connectivity index (χ4v) is 4.11. The summed E-state index contributed by atoms with van der Waals surface area (Å²) in [5, 5.41) is 12.9. The highest BCUT2D eigenvalue weighted by molar-refractivity contribution is 7.99. The molecule has 0 amide bonds. The largest absolute Gasteiger partial charge is 0.507 e. The molecule has 2 aromatic carbocycles. The summed E-state index contributed by atoms with van der Waals surface area (Å²) >= 11 is 6.45. The van der Waals surface area contributed by atoms with E-state index in [1.165, 1.54) is 5.56 Å². The molecule has 0 saturated carbocycles. The summed E-state index contributed by atoms with van der Waals surface area (Å²) in [4.78, 5) is 3.93. The van der Waals surface area contributed by atoms with Gasteiger partial charge in [0.05, 0.1) is 11.8 Å². The van der Waals surface area contributed by atoms with E-state index in [1.54, 1.807) is 6.07 Å². The Morgan fingerprint density at radius 3 is 2.70 bits per heavy atom. The maximum Gasteiger partial charge on any atom is 0.127 e. The van der Waals surface area contributed by atoms with E-state index in [9.17, 15) is 5.11 Å². The number of hydrogen-bond acceptors (Lipinski definition) is 5. The molecule has 0 aliphatic carbocycles. The Morgan fingerprint density at radius 2 is 1.93 bits per heavy atom. The molecule has 0 heterocycles. The fraction of sp³-hybridized carbons (Fsp3) is 0.400. The number of aryl methyl sites for hydroxylation is 1. The van der Waals surface area contributed by atoms with Gasteiger partial charge in [0, 0.05) is 23.4 Å². The molecule has 5 heteroatoms. The van der Waals surface area contributed by atoms with Crippen LogP contribution >= 0.6 is 24.0 Å². The van der Waals surface area contributed by atoms with E-state index >= 15 is 0 Å². The van der Waals surface area contributed by atoms with Crippen molar-refractivity contribution in [3.05, 3.63) is 60.2 Å². The van der Waals surface area contributed by atoms with Gasteiger partial charge in [-0.3, -0.25) is 0 Å². The summed E-state index contributed by atoms with van der Waals surface area (Å²) in [5.74, 6) is 3.10. The fourth-order valence-electron chi connectivity index (χ4n) is 3.20. The van der Waals surface area contributed by atoms with Gasteiger partial charge in [-0.15, -0.1) is 6.58 Å². The van der Waals surface area contributed by atoms with Gasteiger partial charge < -0.3 is 9.84 Å². The Morgan fingerprint density at radius 1 is 1.13 bits per heavy atom. The van der Waals surface area contributed by atoms with E-state index < -0.39 is 0 Å². The number of nitrogens with zero attached hydrogens (tertiary/aromatic N) is 1. The van der Waals surface area contributed by atoms with Gasteiger partial charge in [0.1, 0.15) is 11.5 Å². The number of aromatic hydroxyl groups is 1. The zero-order valence-corrected chi connectivity index (χ0v) is 19.4. The van der Waals surface area contributed by atoms with Crippen molar-refractivity contribution >= 4 is 29.1 Å². The molecule has 0 spiro atoms. The first-order chi connectivity index (χ1) is 14.7. The molecule has 0 saturated heterocycles. The number of ether oxygens (including phenoxy) is 1. The van der Waals surface area contributed by atoms with Crippen molar-refractivity contribution in [2.75, 3.05) is 24.7 Å². The van der Waals surface area contributed by atoms with Crippen molar-refractivity contribution in [1.29, 1.82) is 0 Å². The first-order valence-corrected chi connectivity index (χ1v) is 12.1. The molecule has 1 N–H and O–H groups in total. The van der Waals surface area contributed by atoms with Crippen LogP contribution in [0.25, 0.3) is 11.1 Å². The van der Waals surface area contributed by atoms with Crippen LogP contribution in [0.2, 0.25) is 0 Å². The van der Waals surface area contributed by atoms with Crippen LogP contribution in [-0.4, -0.2) is 34.9 Å². The molecule has 0 radical (unpaired) electrons. The number of unbranched alkanes of at least 4 members (excludes halogenated alkanes) is 1. The van der Waals surface area contributed by atoms with Crippen LogP contribution in [0.4, 0.5) is 0 Å². The highest BCUT2D eigenvalue weighted by Gasteiger charge is 2.13. The number of isothiocyanates is 1. The standard InChI is InChI=1S/C25H31NO2S2/c1-3-7-20-9-11-24(27)22(17-20)23-18-21(8-4-2)10-12-25(23)28-14-16-30-15-6-5-13-26-19-29/h4,9-12,17-18,27H,2-3,5-8,13-16H2,1H3.